The Balaban J connectivity index is 1.21. The fourth-order valence-corrected chi connectivity index (χ4v) is 4.80. The maximum atomic E-state index is 13.5. The first kappa shape index (κ1) is 24.3. The summed E-state index contributed by atoms with van der Waals surface area (Å²) in [7, 11) is 0. The van der Waals surface area contributed by atoms with Gasteiger partial charge >= 0.3 is 6.18 Å². The van der Waals surface area contributed by atoms with Crippen LogP contribution >= 0.6 is 0 Å². The lowest BCUT2D eigenvalue weighted by Crippen LogP contribution is -2.34. The highest BCUT2D eigenvalue weighted by molar-refractivity contribution is 5.79. The molecule has 0 bridgehead atoms. The molecule has 1 aromatic heterocycles. The first-order chi connectivity index (χ1) is 17.4. The number of piperidine rings is 1. The van der Waals surface area contributed by atoms with Gasteiger partial charge in [-0.3, -0.25) is 0 Å². The summed E-state index contributed by atoms with van der Waals surface area (Å²) in [5, 5.41) is 5.08. The number of nitrogens with zero attached hydrogens (tertiary/aromatic N) is 2. The number of fused-ring (bicyclic) bond motifs is 1. The van der Waals surface area contributed by atoms with Crippen LogP contribution in [0.2, 0.25) is 0 Å². The number of rotatable bonds is 7. The normalized spacial score (nSPS) is 16.3. The molecule has 1 saturated heterocycles. The lowest BCUT2D eigenvalue weighted by Gasteiger charge is -2.32. The molecule has 5 rings (SSSR count). The van der Waals surface area contributed by atoms with Crippen molar-refractivity contribution in [3.8, 4) is 5.75 Å². The molecular formula is C28H26F4N2O2. The maximum absolute atomic E-state index is 13.5. The maximum Gasteiger partial charge on any atom is 0.416 e. The highest BCUT2D eigenvalue weighted by atomic mass is 19.4. The minimum Gasteiger partial charge on any atom is -0.486 e. The molecule has 0 N–H and O–H groups in total. The van der Waals surface area contributed by atoms with Gasteiger partial charge in [-0.1, -0.05) is 35.5 Å². The molecule has 3 aromatic carbocycles. The van der Waals surface area contributed by atoms with E-state index >= 15 is 0 Å². The topological polar surface area (TPSA) is 38.5 Å². The Bertz CT molecular complexity index is 1280. The van der Waals surface area contributed by atoms with Crippen LogP contribution < -0.4 is 4.74 Å². The first-order valence-corrected chi connectivity index (χ1v) is 12.0. The van der Waals surface area contributed by atoms with Gasteiger partial charge < -0.3 is 14.2 Å². The molecule has 2 heterocycles. The molecule has 4 nitrogen and oxygen atoms in total. The average molecular weight is 499 g/mol. The Hall–Kier alpha value is -3.39. The zero-order valence-corrected chi connectivity index (χ0v) is 19.5. The SMILES string of the molecule is Fc1ccc2c(C3CCN(CCC(Oc4ccc(C(F)(F)F)cc4)c4ccccc4)CC3)noc2c1. The molecule has 0 aliphatic carbocycles. The Morgan fingerprint density at radius 3 is 2.39 bits per heavy atom. The van der Waals surface area contributed by atoms with Gasteiger partial charge in [-0.25, -0.2) is 4.39 Å². The molecule has 36 heavy (non-hydrogen) atoms. The molecule has 8 heteroatoms. The molecule has 0 amide bonds. The minimum atomic E-state index is -4.38. The van der Waals surface area contributed by atoms with Crippen LogP contribution in [0.3, 0.4) is 0 Å². The van der Waals surface area contributed by atoms with E-state index in [0.717, 1.165) is 61.3 Å². The highest BCUT2D eigenvalue weighted by Crippen LogP contribution is 2.34. The summed E-state index contributed by atoms with van der Waals surface area (Å²) < 4.78 is 63.7. The zero-order chi connectivity index (χ0) is 25.1. The van der Waals surface area contributed by atoms with Crippen molar-refractivity contribution in [2.75, 3.05) is 19.6 Å². The van der Waals surface area contributed by atoms with E-state index in [0.29, 0.717) is 17.8 Å². The minimum absolute atomic E-state index is 0.251. The Morgan fingerprint density at radius 2 is 1.69 bits per heavy atom. The molecule has 1 aliphatic rings. The molecular weight excluding hydrogens is 472 g/mol. The summed E-state index contributed by atoms with van der Waals surface area (Å²) in [4.78, 5) is 2.37. The van der Waals surface area contributed by atoms with Crippen molar-refractivity contribution in [1.82, 2.24) is 10.1 Å². The second-order valence-corrected chi connectivity index (χ2v) is 9.15. The number of alkyl halides is 3. The molecule has 1 fully saturated rings. The van der Waals surface area contributed by atoms with Crippen LogP contribution in [0.15, 0.2) is 77.3 Å². The van der Waals surface area contributed by atoms with Crippen LogP contribution in [0.1, 0.15) is 48.1 Å². The van der Waals surface area contributed by atoms with E-state index in [2.05, 4.69) is 10.1 Å². The van der Waals surface area contributed by atoms with E-state index in [1.54, 1.807) is 6.07 Å². The summed E-state index contributed by atoms with van der Waals surface area (Å²) in [6, 6.07) is 19.1. The molecule has 1 atom stereocenters. The first-order valence-electron chi connectivity index (χ1n) is 12.0. The van der Waals surface area contributed by atoms with Gasteiger partial charge in [0.05, 0.1) is 11.3 Å². The van der Waals surface area contributed by atoms with Crippen LogP contribution in [0, 0.1) is 5.82 Å². The van der Waals surface area contributed by atoms with Gasteiger partial charge in [-0.05, 0) is 67.9 Å². The second kappa shape index (κ2) is 10.3. The average Bonchev–Trinajstić information content (AvgIpc) is 3.30. The fourth-order valence-electron chi connectivity index (χ4n) is 4.80. The number of ether oxygens (including phenoxy) is 1. The Labute approximate surface area is 206 Å². The summed E-state index contributed by atoms with van der Waals surface area (Å²) in [5.41, 5.74) is 1.64. The van der Waals surface area contributed by atoms with E-state index in [-0.39, 0.29) is 17.8 Å². The van der Waals surface area contributed by atoms with Crippen LogP contribution in [0.4, 0.5) is 17.6 Å². The predicted molar refractivity (Wildman–Crippen MR) is 128 cm³/mol. The van der Waals surface area contributed by atoms with Crippen molar-refractivity contribution in [2.24, 2.45) is 0 Å². The summed E-state index contributed by atoms with van der Waals surface area (Å²) in [6.07, 6.45) is -2.14. The van der Waals surface area contributed by atoms with Gasteiger partial charge in [0.2, 0.25) is 0 Å². The molecule has 0 spiro atoms. The van der Waals surface area contributed by atoms with Gasteiger partial charge in [-0.15, -0.1) is 0 Å². The van der Waals surface area contributed by atoms with Crippen LogP contribution in [-0.4, -0.2) is 29.7 Å². The molecule has 1 aliphatic heterocycles. The second-order valence-electron chi connectivity index (χ2n) is 9.15. The standard InChI is InChI=1S/C28H26F4N2O2/c29-22-8-11-24-26(18-22)36-33-27(24)20-12-15-34(16-13-20)17-14-25(19-4-2-1-3-5-19)35-23-9-6-21(7-10-23)28(30,31)32/h1-11,18,20,25H,12-17H2. The molecule has 0 radical (unpaired) electrons. The number of hydrogen-bond donors (Lipinski definition) is 0. The summed E-state index contributed by atoms with van der Waals surface area (Å²) in [5.74, 6) is 0.317. The van der Waals surface area contributed by atoms with Crippen LogP contribution in [-0.2, 0) is 6.18 Å². The van der Waals surface area contributed by atoms with E-state index in [1.807, 2.05) is 30.3 Å². The summed E-state index contributed by atoms with van der Waals surface area (Å²) in [6.45, 7) is 2.54. The number of likely N-dealkylation sites (tertiary alicyclic amines) is 1. The van der Waals surface area contributed by atoms with E-state index in [9.17, 15) is 17.6 Å². The number of benzene rings is 3. The Morgan fingerprint density at radius 1 is 0.972 bits per heavy atom. The van der Waals surface area contributed by atoms with Crippen molar-refractivity contribution in [3.63, 3.8) is 0 Å². The van der Waals surface area contributed by atoms with Crippen molar-refractivity contribution in [2.45, 2.75) is 37.5 Å². The predicted octanol–water partition coefficient (Wildman–Crippen LogP) is 7.38. The third kappa shape index (κ3) is 5.54. The lowest BCUT2D eigenvalue weighted by atomic mass is 9.91. The molecule has 1 unspecified atom stereocenters. The number of aromatic nitrogens is 1. The van der Waals surface area contributed by atoms with E-state index in [4.69, 9.17) is 9.26 Å². The van der Waals surface area contributed by atoms with Crippen LogP contribution in [0.5, 0.6) is 5.75 Å². The van der Waals surface area contributed by atoms with Gasteiger partial charge in [0.1, 0.15) is 17.7 Å². The molecule has 0 saturated carbocycles. The zero-order valence-electron chi connectivity index (χ0n) is 19.5. The largest absolute Gasteiger partial charge is 0.486 e. The van der Waals surface area contributed by atoms with E-state index < -0.39 is 11.7 Å². The van der Waals surface area contributed by atoms with Crippen molar-refractivity contribution in [3.05, 3.63) is 95.4 Å². The Kier molecular flexibility index (Phi) is 6.96. The van der Waals surface area contributed by atoms with Crippen molar-refractivity contribution in [1.29, 1.82) is 0 Å². The van der Waals surface area contributed by atoms with Gasteiger partial charge in [0.25, 0.3) is 0 Å². The van der Waals surface area contributed by atoms with Crippen molar-refractivity contribution < 1.29 is 26.8 Å². The van der Waals surface area contributed by atoms with E-state index in [1.165, 1.54) is 24.3 Å². The van der Waals surface area contributed by atoms with Gasteiger partial charge in [-0.2, -0.15) is 13.2 Å². The van der Waals surface area contributed by atoms with Gasteiger partial charge in [0, 0.05) is 30.3 Å². The fraction of sp³-hybridized carbons (Fsp3) is 0.321. The third-order valence-corrected chi connectivity index (χ3v) is 6.78. The highest BCUT2D eigenvalue weighted by Gasteiger charge is 2.30. The van der Waals surface area contributed by atoms with Gasteiger partial charge in [0.15, 0.2) is 5.58 Å². The summed E-state index contributed by atoms with van der Waals surface area (Å²) >= 11 is 0. The lowest BCUT2D eigenvalue weighted by molar-refractivity contribution is -0.137. The van der Waals surface area contributed by atoms with Crippen LogP contribution in [0.25, 0.3) is 11.0 Å². The number of halogens is 4. The van der Waals surface area contributed by atoms with Crippen molar-refractivity contribution >= 4 is 11.0 Å². The number of hydrogen-bond acceptors (Lipinski definition) is 4. The quantitative estimate of drug-likeness (QED) is 0.249. The monoisotopic (exact) mass is 498 g/mol. The third-order valence-electron chi connectivity index (χ3n) is 6.78. The molecule has 188 valence electrons. The smallest absolute Gasteiger partial charge is 0.416 e. The molecule has 4 aromatic rings.